The Hall–Kier alpha value is -1.22. The SMILES string of the molecule is CC1OC(=O)Nc2cccc(Cl)c21. The zero-order valence-corrected chi connectivity index (χ0v) is 7.76. The summed E-state index contributed by atoms with van der Waals surface area (Å²) < 4.78 is 4.96. The van der Waals surface area contributed by atoms with Gasteiger partial charge < -0.3 is 4.74 Å². The molecule has 0 spiro atoms. The quantitative estimate of drug-likeness (QED) is 0.695. The van der Waals surface area contributed by atoms with Gasteiger partial charge in [0.1, 0.15) is 6.10 Å². The number of hydrogen-bond donors (Lipinski definition) is 1. The molecule has 0 aliphatic carbocycles. The Balaban J connectivity index is 2.55. The summed E-state index contributed by atoms with van der Waals surface area (Å²) in [4.78, 5) is 11.0. The van der Waals surface area contributed by atoms with Crippen LogP contribution in [0.15, 0.2) is 18.2 Å². The number of anilines is 1. The summed E-state index contributed by atoms with van der Waals surface area (Å²) in [6.45, 7) is 1.80. The predicted molar refractivity (Wildman–Crippen MR) is 50.0 cm³/mol. The maximum absolute atomic E-state index is 11.0. The third-order valence-corrected chi connectivity index (χ3v) is 2.31. The molecule has 0 saturated carbocycles. The minimum absolute atomic E-state index is 0.280. The largest absolute Gasteiger partial charge is 0.441 e. The highest BCUT2D eigenvalue weighted by Gasteiger charge is 2.24. The molecule has 13 heavy (non-hydrogen) atoms. The molecule has 1 N–H and O–H groups in total. The fourth-order valence-corrected chi connectivity index (χ4v) is 1.75. The van der Waals surface area contributed by atoms with E-state index in [1.807, 2.05) is 0 Å². The smallest absolute Gasteiger partial charge is 0.412 e. The summed E-state index contributed by atoms with van der Waals surface area (Å²) >= 11 is 5.95. The first-order valence-corrected chi connectivity index (χ1v) is 4.32. The fourth-order valence-electron chi connectivity index (χ4n) is 1.42. The number of benzene rings is 1. The fraction of sp³-hybridized carbons (Fsp3) is 0.222. The summed E-state index contributed by atoms with van der Waals surface area (Å²) in [7, 11) is 0. The Kier molecular flexibility index (Phi) is 1.88. The molecule has 1 unspecified atom stereocenters. The van der Waals surface area contributed by atoms with Crippen LogP contribution in [-0.2, 0) is 4.74 Å². The van der Waals surface area contributed by atoms with Crippen molar-refractivity contribution in [3.05, 3.63) is 28.8 Å². The van der Waals surface area contributed by atoms with E-state index < -0.39 is 6.09 Å². The van der Waals surface area contributed by atoms with Gasteiger partial charge in [0.05, 0.1) is 5.69 Å². The number of carbonyl (C=O) groups is 1. The molecule has 1 atom stereocenters. The molecule has 1 aliphatic rings. The summed E-state index contributed by atoms with van der Waals surface area (Å²) in [5.74, 6) is 0. The van der Waals surface area contributed by atoms with E-state index in [0.717, 1.165) is 11.3 Å². The van der Waals surface area contributed by atoms with Crippen molar-refractivity contribution in [1.82, 2.24) is 0 Å². The van der Waals surface area contributed by atoms with Crippen LogP contribution < -0.4 is 5.32 Å². The zero-order chi connectivity index (χ0) is 9.42. The van der Waals surface area contributed by atoms with Gasteiger partial charge in [0.15, 0.2) is 0 Å². The van der Waals surface area contributed by atoms with Crippen molar-refractivity contribution >= 4 is 23.4 Å². The van der Waals surface area contributed by atoms with Gasteiger partial charge >= 0.3 is 6.09 Å². The molecule has 68 valence electrons. The summed E-state index contributed by atoms with van der Waals surface area (Å²) in [6, 6.07) is 5.37. The molecular weight excluding hydrogens is 190 g/mol. The maximum Gasteiger partial charge on any atom is 0.412 e. The molecule has 0 saturated heterocycles. The second kappa shape index (κ2) is 2.92. The number of fused-ring (bicyclic) bond motifs is 1. The molecular formula is C9H8ClNO2. The van der Waals surface area contributed by atoms with E-state index in [-0.39, 0.29) is 6.10 Å². The Morgan fingerprint density at radius 2 is 2.31 bits per heavy atom. The molecule has 4 heteroatoms. The minimum Gasteiger partial charge on any atom is -0.441 e. The summed E-state index contributed by atoms with van der Waals surface area (Å²) in [5, 5.41) is 3.20. The van der Waals surface area contributed by atoms with Crippen molar-refractivity contribution < 1.29 is 9.53 Å². The molecule has 0 aromatic heterocycles. The highest BCUT2D eigenvalue weighted by molar-refractivity contribution is 6.32. The monoisotopic (exact) mass is 197 g/mol. The van der Waals surface area contributed by atoms with E-state index in [1.54, 1.807) is 25.1 Å². The van der Waals surface area contributed by atoms with E-state index in [4.69, 9.17) is 16.3 Å². The van der Waals surface area contributed by atoms with Gasteiger partial charge in [-0.1, -0.05) is 17.7 Å². The van der Waals surface area contributed by atoms with Crippen LogP contribution in [0, 0.1) is 0 Å². The van der Waals surface area contributed by atoms with E-state index >= 15 is 0 Å². The van der Waals surface area contributed by atoms with Crippen LogP contribution in [0.2, 0.25) is 5.02 Å². The lowest BCUT2D eigenvalue weighted by molar-refractivity contribution is 0.117. The third kappa shape index (κ3) is 1.35. The van der Waals surface area contributed by atoms with Crippen molar-refractivity contribution in [1.29, 1.82) is 0 Å². The number of halogens is 1. The molecule has 3 nitrogen and oxygen atoms in total. The van der Waals surface area contributed by atoms with E-state index in [0.29, 0.717) is 5.02 Å². The highest BCUT2D eigenvalue weighted by atomic mass is 35.5. The molecule has 1 heterocycles. The number of rotatable bonds is 0. The Morgan fingerprint density at radius 1 is 1.54 bits per heavy atom. The number of amides is 1. The van der Waals surface area contributed by atoms with Gasteiger partial charge in [0.2, 0.25) is 0 Å². The summed E-state index contributed by atoms with van der Waals surface area (Å²) in [5.41, 5.74) is 1.57. The average molecular weight is 198 g/mol. The normalized spacial score (nSPS) is 20.2. The van der Waals surface area contributed by atoms with Crippen molar-refractivity contribution in [2.45, 2.75) is 13.0 Å². The Labute approximate surface area is 80.6 Å². The molecule has 1 aromatic rings. The molecule has 0 fully saturated rings. The van der Waals surface area contributed by atoms with Crippen molar-refractivity contribution in [2.75, 3.05) is 5.32 Å². The highest BCUT2D eigenvalue weighted by Crippen LogP contribution is 2.35. The lowest BCUT2D eigenvalue weighted by Crippen LogP contribution is -2.23. The zero-order valence-electron chi connectivity index (χ0n) is 7.00. The first-order chi connectivity index (χ1) is 6.18. The lowest BCUT2D eigenvalue weighted by atomic mass is 10.1. The predicted octanol–water partition coefficient (Wildman–Crippen LogP) is 2.96. The standard InChI is InChI=1S/C9H8ClNO2/c1-5-8-6(10)3-2-4-7(8)11-9(12)13-5/h2-5H,1H3,(H,11,12). The van der Waals surface area contributed by atoms with Crippen molar-refractivity contribution in [2.24, 2.45) is 0 Å². The van der Waals surface area contributed by atoms with Crippen LogP contribution in [0.1, 0.15) is 18.6 Å². The lowest BCUT2D eigenvalue weighted by Gasteiger charge is -2.24. The molecule has 1 aromatic carbocycles. The molecule has 1 amide bonds. The second-order valence-electron chi connectivity index (χ2n) is 2.87. The van der Waals surface area contributed by atoms with Crippen molar-refractivity contribution in [3.63, 3.8) is 0 Å². The molecule has 1 aliphatic heterocycles. The van der Waals surface area contributed by atoms with Gasteiger partial charge in [0.25, 0.3) is 0 Å². The molecule has 2 rings (SSSR count). The van der Waals surface area contributed by atoms with Crippen LogP contribution in [0.4, 0.5) is 10.5 Å². The van der Waals surface area contributed by atoms with E-state index in [2.05, 4.69) is 5.32 Å². The Morgan fingerprint density at radius 3 is 3.08 bits per heavy atom. The van der Waals surface area contributed by atoms with Crippen molar-refractivity contribution in [3.8, 4) is 0 Å². The average Bonchev–Trinajstić information content (AvgIpc) is 2.02. The van der Waals surface area contributed by atoms with E-state index in [9.17, 15) is 4.79 Å². The number of cyclic esters (lactones) is 1. The second-order valence-corrected chi connectivity index (χ2v) is 3.28. The van der Waals surface area contributed by atoms with Gasteiger partial charge in [-0.3, -0.25) is 5.32 Å². The van der Waals surface area contributed by atoms with E-state index in [1.165, 1.54) is 0 Å². The van der Waals surface area contributed by atoms with Crippen LogP contribution in [0.25, 0.3) is 0 Å². The third-order valence-electron chi connectivity index (χ3n) is 1.98. The van der Waals surface area contributed by atoms with Crippen LogP contribution in [-0.4, -0.2) is 6.09 Å². The maximum atomic E-state index is 11.0. The van der Waals surface area contributed by atoms with Gasteiger partial charge in [-0.05, 0) is 19.1 Å². The van der Waals surface area contributed by atoms with Gasteiger partial charge in [-0.2, -0.15) is 0 Å². The minimum atomic E-state index is -0.428. The van der Waals surface area contributed by atoms with Gasteiger partial charge in [-0.15, -0.1) is 0 Å². The topological polar surface area (TPSA) is 38.3 Å². The number of carbonyl (C=O) groups excluding carboxylic acids is 1. The number of ether oxygens (including phenoxy) is 1. The van der Waals surface area contributed by atoms with Crippen LogP contribution in [0.3, 0.4) is 0 Å². The number of nitrogens with one attached hydrogen (secondary N) is 1. The summed E-state index contributed by atoms with van der Waals surface area (Å²) in [6.07, 6.45) is -0.709. The molecule has 0 radical (unpaired) electrons. The first-order valence-electron chi connectivity index (χ1n) is 3.94. The van der Waals surface area contributed by atoms with Gasteiger partial charge in [0, 0.05) is 10.6 Å². The van der Waals surface area contributed by atoms with Crippen LogP contribution in [0.5, 0.6) is 0 Å². The van der Waals surface area contributed by atoms with Gasteiger partial charge in [-0.25, -0.2) is 4.79 Å². The molecule has 0 bridgehead atoms. The van der Waals surface area contributed by atoms with Crippen LogP contribution >= 0.6 is 11.6 Å². The number of hydrogen-bond acceptors (Lipinski definition) is 2. The first kappa shape index (κ1) is 8.38. The Bertz CT molecular complexity index is 365.